The van der Waals surface area contributed by atoms with Crippen molar-refractivity contribution in [2.75, 3.05) is 59.5 Å². The third-order valence-corrected chi connectivity index (χ3v) is 28.5. The molecule has 8 heterocycles. The second-order valence-corrected chi connectivity index (χ2v) is 41.0. The standard InChI is InChI=1S/C15H22FN.C14H17F4N.C14H18F3N.C14H21FN2.C14H20FNO2.C13H17ClFN.C13H17F2N.C13H18FN/c1-11(2)17-14(8-9-15(17,3)4)12-6-5-7-13(16)10-12;1-9(2)19-7-3-4-13(19)11-8-10(15)5-6-12(11)14(16,17)18;1-9(2)18-7-3-4-13(18)12-8-10(15)5-6-11(12)14(16)17;1-10(2)17-9-13(16-3)8-14(17)11-5-4-6-12(15)7-11;1-10(2)16-8-14(18,9-17)7-13(16)11-4-3-5-12(15)6-11;1-9(2)16-7-3-4-13(16)11-8-10(15)5-6-12(11)14;1-9(2)16-7-3-4-13(16)11-8-10(14)5-6-12(11)15;1-10(2)15-8-4-7-13(15)11-5-3-6-12(14)9-11/h5-7,10-11,14H,8-9H2,1-4H3;5-6,8-9,13H,3-4,7H2,1-2H3;5-6,8-9,13-14H,3-4,7H2,1-2H3;4-7,10,13-14,16H,8-9H2,1-3H3;3-6,10,13,17-18H,7-9H2,1-2H3;2*5-6,8-9,13H,3-4,7H2,1-2H3;3,5-6,9-10,13H,4,7-8H2,1-2H3. The second kappa shape index (κ2) is 51.4. The molecule has 0 amide bonds. The fraction of sp³-hybridized carbons (Fsp3) is 0.564. The van der Waals surface area contributed by atoms with E-state index in [-0.39, 0.29) is 112 Å². The molecule has 0 aromatic heterocycles. The van der Waals surface area contributed by atoms with E-state index in [9.17, 15) is 71.7 Å². The van der Waals surface area contributed by atoms with Crippen molar-refractivity contribution in [3.8, 4) is 0 Å². The molecule has 11 nitrogen and oxygen atoms in total. The highest BCUT2D eigenvalue weighted by Gasteiger charge is 2.46. The van der Waals surface area contributed by atoms with Gasteiger partial charge >= 0.3 is 6.18 Å². The van der Waals surface area contributed by atoms with Crippen LogP contribution in [-0.4, -0.2) is 174 Å². The minimum atomic E-state index is -4.44. The minimum absolute atomic E-state index is 0.0334. The Kier molecular flexibility index (Phi) is 42.4. The molecule has 8 aromatic carbocycles. The van der Waals surface area contributed by atoms with Gasteiger partial charge in [-0.3, -0.25) is 39.2 Å². The van der Waals surface area contributed by atoms with Crippen LogP contribution in [0.4, 0.5) is 61.5 Å². The summed E-state index contributed by atoms with van der Waals surface area (Å²) in [4.78, 5) is 18.3. The maximum Gasteiger partial charge on any atom is 0.416 e. The average molecular weight is 1930 g/mol. The Labute approximate surface area is 806 Å². The highest BCUT2D eigenvalue weighted by atomic mass is 35.5. The summed E-state index contributed by atoms with van der Waals surface area (Å²) in [6.45, 7) is 44.4. The zero-order valence-electron chi connectivity index (χ0n) is 83.3. The van der Waals surface area contributed by atoms with E-state index in [1.54, 1.807) is 42.5 Å². The van der Waals surface area contributed by atoms with Gasteiger partial charge in [0.25, 0.3) is 6.43 Å². The van der Waals surface area contributed by atoms with E-state index in [1.165, 1.54) is 79.6 Å². The van der Waals surface area contributed by atoms with Gasteiger partial charge in [0.2, 0.25) is 0 Å². The molecule has 0 radical (unpaired) electrons. The van der Waals surface area contributed by atoms with E-state index in [1.807, 2.05) is 89.9 Å². The Morgan fingerprint density at radius 3 is 1.13 bits per heavy atom. The summed E-state index contributed by atoms with van der Waals surface area (Å²) >= 11 is 6.15. The first kappa shape index (κ1) is 112. The van der Waals surface area contributed by atoms with E-state index in [4.69, 9.17) is 11.6 Å². The highest BCUT2D eigenvalue weighted by Crippen LogP contribution is 2.48. The summed E-state index contributed by atoms with van der Waals surface area (Å²) in [7, 11) is 2.00. The molecule has 0 saturated carbocycles. The first-order valence-corrected chi connectivity index (χ1v) is 49.5. The second-order valence-electron chi connectivity index (χ2n) is 40.6. The number of hydrogen-bond donors (Lipinski definition) is 3. The average Bonchev–Trinajstić information content (AvgIpc) is 1.63. The largest absolute Gasteiger partial charge is 0.416 e. The molecule has 16 rings (SSSR count). The predicted molar refractivity (Wildman–Crippen MR) is 522 cm³/mol. The third kappa shape index (κ3) is 30.6. The maximum atomic E-state index is 13.7. The summed E-state index contributed by atoms with van der Waals surface area (Å²) in [5.74, 6) is -2.56. The van der Waals surface area contributed by atoms with Crippen LogP contribution in [0.1, 0.15) is 325 Å². The molecule has 10 unspecified atom stereocenters. The molecule has 136 heavy (non-hydrogen) atoms. The molecule has 8 aliphatic rings. The van der Waals surface area contributed by atoms with Gasteiger partial charge in [-0.1, -0.05) is 66.2 Å². The number of benzene rings is 8. The van der Waals surface area contributed by atoms with Crippen molar-refractivity contribution in [3.63, 3.8) is 0 Å². The number of nitrogens with one attached hydrogen (secondary N) is 1. The lowest BCUT2D eigenvalue weighted by atomic mass is 9.97. The quantitative estimate of drug-likeness (QED) is 0.0678. The number of likely N-dealkylation sites (tertiary alicyclic amines) is 8. The zero-order valence-corrected chi connectivity index (χ0v) is 84.0. The van der Waals surface area contributed by atoms with Gasteiger partial charge in [-0.05, 0) is 408 Å². The molecule has 8 aromatic rings. The molecule has 752 valence electrons. The molecule has 3 N–H and O–H groups in total. The van der Waals surface area contributed by atoms with Gasteiger partial charge in [-0.15, -0.1) is 0 Å². The highest BCUT2D eigenvalue weighted by molar-refractivity contribution is 6.31. The summed E-state index contributed by atoms with van der Waals surface area (Å²) in [5.41, 5.74) is 4.54. The smallest absolute Gasteiger partial charge is 0.393 e. The normalized spacial score (nSPS) is 23.6. The maximum absolute atomic E-state index is 13.7. The van der Waals surface area contributed by atoms with E-state index < -0.39 is 35.4 Å². The van der Waals surface area contributed by atoms with Gasteiger partial charge in [-0.25, -0.2) is 48.3 Å². The molecule has 0 bridgehead atoms. The molecule has 0 aliphatic carbocycles. The predicted octanol–water partition coefficient (Wildman–Crippen LogP) is 28.0. The van der Waals surface area contributed by atoms with Crippen LogP contribution >= 0.6 is 11.6 Å². The van der Waals surface area contributed by atoms with Crippen molar-refractivity contribution in [1.82, 2.24) is 44.5 Å². The summed E-state index contributed by atoms with van der Waals surface area (Å²) in [5, 5.41) is 23.5. The van der Waals surface area contributed by atoms with Crippen LogP contribution in [0.3, 0.4) is 0 Å². The fourth-order valence-corrected chi connectivity index (χ4v) is 22.0. The number of aliphatic hydroxyl groups is 2. The van der Waals surface area contributed by atoms with Gasteiger partial charge < -0.3 is 15.5 Å². The van der Waals surface area contributed by atoms with Crippen molar-refractivity contribution in [2.24, 2.45) is 0 Å². The fourth-order valence-electron chi connectivity index (χ4n) is 21.7. The first-order valence-electron chi connectivity index (χ1n) is 49.1. The van der Waals surface area contributed by atoms with Crippen molar-refractivity contribution >= 4 is 11.6 Å². The first-order chi connectivity index (χ1) is 64.2. The Hall–Kier alpha value is -7.37. The van der Waals surface area contributed by atoms with Gasteiger partial charge in [0.1, 0.15) is 58.0 Å². The van der Waals surface area contributed by atoms with Crippen molar-refractivity contribution < 1.29 is 71.7 Å². The third-order valence-electron chi connectivity index (χ3n) is 28.1. The lowest BCUT2D eigenvalue weighted by Gasteiger charge is -2.39. The van der Waals surface area contributed by atoms with Crippen molar-refractivity contribution in [2.45, 2.75) is 341 Å². The molecule has 26 heteroatoms. The lowest BCUT2D eigenvalue weighted by molar-refractivity contribution is -0.138. The number of halogens is 15. The molecule has 0 spiro atoms. The molecular weight excluding hydrogens is 1780 g/mol. The molecule has 8 fully saturated rings. The van der Waals surface area contributed by atoms with E-state index >= 15 is 0 Å². The van der Waals surface area contributed by atoms with Gasteiger partial charge in [0.05, 0.1) is 12.2 Å². The molecular formula is C110H150ClF14N9O2. The van der Waals surface area contributed by atoms with Gasteiger partial charge in [0.15, 0.2) is 0 Å². The van der Waals surface area contributed by atoms with Crippen LogP contribution in [0.2, 0.25) is 5.02 Å². The minimum Gasteiger partial charge on any atom is -0.393 e. The number of nitrogens with zero attached hydrogens (tertiary/aromatic N) is 8. The van der Waals surface area contributed by atoms with Crippen LogP contribution in [0.25, 0.3) is 0 Å². The van der Waals surface area contributed by atoms with E-state index in [0.717, 1.165) is 156 Å². The van der Waals surface area contributed by atoms with Crippen LogP contribution in [0.15, 0.2) is 170 Å². The number of β-amino-alcohol motifs (C(OH)–C–C–N with tert-alkyl or cyclic N) is 1. The monoisotopic (exact) mass is 1930 g/mol. The van der Waals surface area contributed by atoms with Crippen molar-refractivity contribution in [3.05, 3.63) is 283 Å². The van der Waals surface area contributed by atoms with E-state index in [0.29, 0.717) is 89.9 Å². The molecule has 8 aliphatic heterocycles. The number of hydrogen-bond acceptors (Lipinski definition) is 11. The zero-order chi connectivity index (χ0) is 100. The summed E-state index contributed by atoms with van der Waals surface area (Å²) < 4.78 is 185. The van der Waals surface area contributed by atoms with Crippen LogP contribution in [0, 0.1) is 52.4 Å². The van der Waals surface area contributed by atoms with Crippen LogP contribution in [0.5, 0.6) is 0 Å². The van der Waals surface area contributed by atoms with Gasteiger partial charge in [-0.2, -0.15) is 13.2 Å². The van der Waals surface area contributed by atoms with Gasteiger partial charge in [0, 0.05) is 137 Å². The Balaban J connectivity index is 0.000000174. The lowest BCUT2D eigenvalue weighted by Crippen LogP contribution is -2.44. The number of likely N-dealkylation sites (N-methyl/N-ethyl adjacent to an activating group) is 1. The van der Waals surface area contributed by atoms with Crippen LogP contribution in [-0.2, 0) is 6.18 Å². The summed E-state index contributed by atoms with van der Waals surface area (Å²) in [6, 6.07) is 46.8. The molecule has 10 atom stereocenters. The summed E-state index contributed by atoms with van der Waals surface area (Å²) in [6.07, 6.45) is 6.66. The Bertz CT molecular complexity index is 4930. The number of aliphatic hydroxyl groups excluding tert-OH is 1. The van der Waals surface area contributed by atoms with Crippen molar-refractivity contribution in [1.29, 1.82) is 0 Å². The SMILES string of the molecule is CC(C)N1C(c2cccc(F)c2)CCC1(C)C.CC(C)N1CC(O)(CO)CC1c1cccc(F)c1.CC(C)N1CCCC1c1cc(F)ccc1C(F)(F)F.CC(C)N1CCCC1c1cc(F)ccc1C(F)F.CC(C)N1CCCC1c1cc(F)ccc1Cl.CC(C)N1CCCC1c1cc(F)ccc1F.CC(C)N1CCCC1c1cccc(F)c1.CNC1CC(c2cccc(F)c2)N(C(C)C)C1. The number of alkyl halides is 5. The molecule has 8 saturated heterocycles. The van der Waals surface area contributed by atoms with E-state index in [2.05, 4.69) is 123 Å². The Morgan fingerprint density at radius 2 is 0.728 bits per heavy atom. The van der Waals surface area contributed by atoms with Crippen LogP contribution < -0.4 is 5.32 Å². The Morgan fingerprint density at radius 1 is 0.382 bits per heavy atom. The topological polar surface area (TPSA) is 78.4 Å². The number of rotatable bonds is 19.